The molecule has 0 bridgehead atoms. The topological polar surface area (TPSA) is 61.4 Å². The highest BCUT2D eigenvalue weighted by Gasteiger charge is 2.23. The highest BCUT2D eigenvalue weighted by molar-refractivity contribution is 9.10. The maximum atomic E-state index is 13.8. The molecule has 0 aliphatic carbocycles. The average molecular weight is 406 g/mol. The van der Waals surface area contributed by atoms with Crippen LogP contribution in [-0.2, 0) is 9.59 Å². The van der Waals surface area contributed by atoms with Crippen molar-refractivity contribution >= 4 is 44.8 Å². The van der Waals surface area contributed by atoms with E-state index >= 15 is 0 Å². The molecule has 25 heavy (non-hydrogen) atoms. The average Bonchev–Trinajstić information content (AvgIpc) is 3.02. The molecule has 1 fully saturated rings. The Morgan fingerprint density at radius 3 is 2.72 bits per heavy atom. The SMILES string of the molecule is O=C(CNc1ccccc1N1CCCC1=O)Nc1ccc(Br)cc1F. The number of benzene rings is 2. The molecule has 130 valence electrons. The van der Waals surface area contributed by atoms with Gasteiger partial charge in [-0.05, 0) is 36.8 Å². The first-order chi connectivity index (χ1) is 12.0. The van der Waals surface area contributed by atoms with Gasteiger partial charge in [0.2, 0.25) is 11.8 Å². The molecule has 5 nitrogen and oxygen atoms in total. The lowest BCUT2D eigenvalue weighted by Gasteiger charge is -2.20. The van der Waals surface area contributed by atoms with Crippen LogP contribution in [0.5, 0.6) is 0 Å². The van der Waals surface area contributed by atoms with E-state index in [1.54, 1.807) is 11.0 Å². The molecule has 1 aliphatic heterocycles. The van der Waals surface area contributed by atoms with Crippen LogP contribution < -0.4 is 15.5 Å². The van der Waals surface area contributed by atoms with E-state index in [1.165, 1.54) is 12.1 Å². The van der Waals surface area contributed by atoms with E-state index in [2.05, 4.69) is 26.6 Å². The molecule has 0 spiro atoms. The second-order valence-corrected chi connectivity index (χ2v) is 6.61. The van der Waals surface area contributed by atoms with Crippen molar-refractivity contribution in [1.82, 2.24) is 0 Å². The van der Waals surface area contributed by atoms with Crippen molar-refractivity contribution in [3.05, 3.63) is 52.8 Å². The third-order valence-electron chi connectivity index (χ3n) is 3.91. The zero-order valence-electron chi connectivity index (χ0n) is 13.4. The third kappa shape index (κ3) is 4.17. The Labute approximate surface area is 153 Å². The van der Waals surface area contributed by atoms with E-state index in [9.17, 15) is 14.0 Å². The molecule has 3 rings (SSSR count). The van der Waals surface area contributed by atoms with Crippen LogP contribution in [0.4, 0.5) is 21.5 Å². The second-order valence-electron chi connectivity index (χ2n) is 5.69. The minimum atomic E-state index is -0.509. The van der Waals surface area contributed by atoms with Gasteiger partial charge in [0.15, 0.2) is 0 Å². The number of carbonyl (C=O) groups excluding carboxylic acids is 2. The molecule has 1 aliphatic rings. The van der Waals surface area contributed by atoms with Crippen molar-refractivity contribution in [3.8, 4) is 0 Å². The van der Waals surface area contributed by atoms with Crippen LogP contribution in [0.1, 0.15) is 12.8 Å². The van der Waals surface area contributed by atoms with E-state index in [-0.39, 0.29) is 24.0 Å². The summed E-state index contributed by atoms with van der Waals surface area (Å²) in [6.07, 6.45) is 1.37. The number of anilines is 3. The fourth-order valence-corrected chi connectivity index (χ4v) is 3.06. The van der Waals surface area contributed by atoms with Gasteiger partial charge in [-0.3, -0.25) is 9.59 Å². The van der Waals surface area contributed by atoms with E-state index in [1.807, 2.05) is 24.3 Å². The Hall–Kier alpha value is -2.41. The van der Waals surface area contributed by atoms with Gasteiger partial charge in [0.25, 0.3) is 0 Å². The molecule has 0 radical (unpaired) electrons. The van der Waals surface area contributed by atoms with Gasteiger partial charge in [0.1, 0.15) is 5.82 Å². The molecule has 0 saturated carbocycles. The summed E-state index contributed by atoms with van der Waals surface area (Å²) in [7, 11) is 0. The Bertz CT molecular complexity index is 813. The Balaban J connectivity index is 1.65. The maximum absolute atomic E-state index is 13.8. The molecule has 0 aromatic heterocycles. The molecular formula is C18H17BrFN3O2. The summed E-state index contributed by atoms with van der Waals surface area (Å²) in [4.78, 5) is 25.7. The molecule has 2 amide bonds. The number of nitrogens with one attached hydrogen (secondary N) is 2. The van der Waals surface area contributed by atoms with Gasteiger partial charge >= 0.3 is 0 Å². The molecule has 7 heteroatoms. The number of para-hydroxylation sites is 2. The van der Waals surface area contributed by atoms with E-state index in [4.69, 9.17) is 0 Å². The highest BCUT2D eigenvalue weighted by atomic mass is 79.9. The van der Waals surface area contributed by atoms with Gasteiger partial charge in [-0.25, -0.2) is 4.39 Å². The van der Waals surface area contributed by atoms with Crippen molar-refractivity contribution in [2.75, 3.05) is 28.6 Å². The predicted octanol–water partition coefficient (Wildman–Crippen LogP) is 3.77. The summed E-state index contributed by atoms with van der Waals surface area (Å²) in [5, 5.41) is 5.55. The van der Waals surface area contributed by atoms with Crippen LogP contribution >= 0.6 is 15.9 Å². The quantitative estimate of drug-likeness (QED) is 0.795. The van der Waals surface area contributed by atoms with Crippen molar-refractivity contribution in [2.45, 2.75) is 12.8 Å². The number of hydrogen-bond donors (Lipinski definition) is 2. The molecule has 0 unspecified atom stereocenters. The third-order valence-corrected chi connectivity index (χ3v) is 4.41. The van der Waals surface area contributed by atoms with Crippen LogP contribution in [0, 0.1) is 5.82 Å². The Kier molecular flexibility index (Phi) is 5.33. The Morgan fingerprint density at radius 2 is 2.00 bits per heavy atom. The van der Waals surface area contributed by atoms with Crippen molar-refractivity contribution < 1.29 is 14.0 Å². The monoisotopic (exact) mass is 405 g/mol. The number of hydrogen-bond acceptors (Lipinski definition) is 3. The molecular weight excluding hydrogens is 389 g/mol. The molecule has 2 aromatic rings. The summed E-state index contributed by atoms with van der Waals surface area (Å²) >= 11 is 3.17. The van der Waals surface area contributed by atoms with Gasteiger partial charge in [-0.1, -0.05) is 28.1 Å². The van der Waals surface area contributed by atoms with E-state index < -0.39 is 5.82 Å². The largest absolute Gasteiger partial charge is 0.374 e. The fourth-order valence-electron chi connectivity index (χ4n) is 2.72. The minimum Gasteiger partial charge on any atom is -0.374 e. The fraction of sp³-hybridized carbons (Fsp3) is 0.222. The van der Waals surface area contributed by atoms with Crippen molar-refractivity contribution in [1.29, 1.82) is 0 Å². The predicted molar refractivity (Wildman–Crippen MR) is 99.2 cm³/mol. The van der Waals surface area contributed by atoms with Crippen molar-refractivity contribution in [3.63, 3.8) is 0 Å². The van der Waals surface area contributed by atoms with E-state index in [0.29, 0.717) is 23.1 Å². The lowest BCUT2D eigenvalue weighted by Crippen LogP contribution is -2.26. The lowest BCUT2D eigenvalue weighted by atomic mass is 10.2. The van der Waals surface area contributed by atoms with Gasteiger partial charge in [0.05, 0.1) is 23.6 Å². The van der Waals surface area contributed by atoms with Crippen molar-refractivity contribution in [2.24, 2.45) is 0 Å². The minimum absolute atomic E-state index is 0.0332. The summed E-state index contributed by atoms with van der Waals surface area (Å²) in [6, 6.07) is 11.8. The number of nitrogens with zero attached hydrogens (tertiary/aromatic N) is 1. The maximum Gasteiger partial charge on any atom is 0.243 e. The number of rotatable bonds is 5. The van der Waals surface area contributed by atoms with Crippen LogP contribution in [0.15, 0.2) is 46.9 Å². The van der Waals surface area contributed by atoms with E-state index in [0.717, 1.165) is 12.1 Å². The second kappa shape index (κ2) is 7.65. The first-order valence-electron chi connectivity index (χ1n) is 7.93. The summed E-state index contributed by atoms with van der Waals surface area (Å²) < 4.78 is 14.4. The first-order valence-corrected chi connectivity index (χ1v) is 8.72. The zero-order valence-corrected chi connectivity index (χ0v) is 15.0. The van der Waals surface area contributed by atoms with Crippen LogP contribution in [0.2, 0.25) is 0 Å². The summed E-state index contributed by atoms with van der Waals surface area (Å²) in [5.41, 5.74) is 1.58. The lowest BCUT2D eigenvalue weighted by molar-refractivity contribution is -0.117. The molecule has 2 aromatic carbocycles. The molecule has 2 N–H and O–H groups in total. The van der Waals surface area contributed by atoms with Gasteiger partial charge in [-0.2, -0.15) is 0 Å². The Morgan fingerprint density at radius 1 is 1.20 bits per heavy atom. The van der Waals surface area contributed by atoms with Gasteiger partial charge in [0, 0.05) is 17.4 Å². The zero-order chi connectivity index (χ0) is 17.8. The standard InChI is InChI=1S/C18H17BrFN3O2/c19-12-7-8-14(13(20)10-12)22-17(24)11-21-15-4-1-2-5-16(15)23-9-3-6-18(23)25/h1-2,4-5,7-8,10,21H,3,6,9,11H2,(H,22,24). The summed E-state index contributed by atoms with van der Waals surface area (Å²) in [6.45, 7) is 0.641. The van der Waals surface area contributed by atoms with Crippen LogP contribution in [0.3, 0.4) is 0 Å². The molecule has 1 saturated heterocycles. The highest BCUT2D eigenvalue weighted by Crippen LogP contribution is 2.29. The van der Waals surface area contributed by atoms with Crippen LogP contribution in [0.25, 0.3) is 0 Å². The number of amides is 2. The molecule has 1 heterocycles. The molecule has 0 atom stereocenters. The van der Waals surface area contributed by atoms with Gasteiger partial charge in [-0.15, -0.1) is 0 Å². The normalized spacial score (nSPS) is 13.8. The van der Waals surface area contributed by atoms with Gasteiger partial charge < -0.3 is 15.5 Å². The first kappa shape index (κ1) is 17.4. The van der Waals surface area contributed by atoms with Crippen LogP contribution in [-0.4, -0.2) is 24.9 Å². The number of carbonyl (C=O) groups is 2. The summed E-state index contributed by atoms with van der Waals surface area (Å²) in [5.74, 6) is -0.801. The smallest absolute Gasteiger partial charge is 0.243 e. The number of halogens is 2.